The molecule has 0 amide bonds. The third-order valence-corrected chi connectivity index (χ3v) is 6.54. The lowest BCUT2D eigenvalue weighted by atomic mass is 9.97. The second-order valence-electron chi connectivity index (χ2n) is 9.38. The molecule has 0 radical (unpaired) electrons. The van der Waals surface area contributed by atoms with Crippen LogP contribution in [0.2, 0.25) is 5.02 Å². The summed E-state index contributed by atoms with van der Waals surface area (Å²) in [6.45, 7) is 9.62. The lowest BCUT2D eigenvalue weighted by Gasteiger charge is -2.21. The predicted molar refractivity (Wildman–Crippen MR) is 142 cm³/mol. The van der Waals surface area contributed by atoms with Crippen molar-refractivity contribution in [2.75, 3.05) is 5.32 Å². The zero-order valence-corrected chi connectivity index (χ0v) is 21.5. The molecule has 7 heteroatoms. The Morgan fingerprint density at radius 1 is 1.08 bits per heavy atom. The highest BCUT2D eigenvalue weighted by molar-refractivity contribution is 6.31. The first-order valence-corrected chi connectivity index (χ1v) is 12.0. The normalized spacial score (nSPS) is 12.2. The molecule has 1 heterocycles. The van der Waals surface area contributed by atoms with Crippen molar-refractivity contribution in [1.82, 2.24) is 0 Å². The summed E-state index contributed by atoms with van der Waals surface area (Å²) in [4.78, 5) is 24.5. The predicted octanol–water partition coefficient (Wildman–Crippen LogP) is 7.68. The van der Waals surface area contributed by atoms with Crippen molar-refractivity contribution >= 4 is 34.5 Å². The van der Waals surface area contributed by atoms with Crippen molar-refractivity contribution in [3.63, 3.8) is 0 Å². The molecule has 0 saturated carbocycles. The van der Waals surface area contributed by atoms with Crippen molar-refractivity contribution < 1.29 is 18.7 Å². The third-order valence-electron chi connectivity index (χ3n) is 6.30. The van der Waals surface area contributed by atoms with Gasteiger partial charge in [0.1, 0.15) is 11.3 Å². The average molecular weight is 508 g/mol. The SMILES string of the molecule is Cc1cc(C(C)Nc2ccc(Cl)cc2-c2cc(F)c(O)c(C=O)c2)c2oc(C(C)C)c(C)c(=O)c2c1. The molecule has 2 N–H and O–H groups in total. The number of phenols is 1. The Hall–Kier alpha value is -3.64. The Kier molecular flexibility index (Phi) is 6.92. The standard InChI is InChI=1S/C29H27ClFNO4/c1-14(2)28-16(4)26(34)23-9-15(3)8-21(29(23)36-28)17(5)32-25-7-6-20(30)12-22(25)18-10-19(13-33)27(35)24(31)11-18/h6-14,17,32,35H,1-5H3. The molecule has 0 aliphatic rings. The number of halogens is 2. The number of hydrogen-bond acceptors (Lipinski definition) is 5. The van der Waals surface area contributed by atoms with Gasteiger partial charge in [-0.2, -0.15) is 0 Å². The fourth-order valence-corrected chi connectivity index (χ4v) is 4.69. The maximum Gasteiger partial charge on any atom is 0.195 e. The van der Waals surface area contributed by atoms with E-state index in [0.29, 0.717) is 50.4 Å². The van der Waals surface area contributed by atoms with E-state index in [-0.39, 0.29) is 23.0 Å². The number of aldehydes is 1. The number of benzene rings is 3. The number of rotatable bonds is 6. The number of aryl methyl sites for hydroxylation is 1. The molecule has 1 aromatic heterocycles. The fourth-order valence-electron chi connectivity index (χ4n) is 4.51. The number of phenolic OH excluding ortho intramolecular Hbond substituents is 1. The molecule has 0 bridgehead atoms. The van der Waals surface area contributed by atoms with Gasteiger partial charge in [0, 0.05) is 33.3 Å². The van der Waals surface area contributed by atoms with Crippen molar-refractivity contribution in [3.05, 3.63) is 91.5 Å². The highest BCUT2D eigenvalue weighted by Gasteiger charge is 2.21. The van der Waals surface area contributed by atoms with Gasteiger partial charge in [0.05, 0.1) is 17.0 Å². The zero-order chi connectivity index (χ0) is 26.3. The molecule has 3 aromatic carbocycles. The van der Waals surface area contributed by atoms with Gasteiger partial charge in [-0.05, 0) is 68.3 Å². The number of fused-ring (bicyclic) bond motifs is 1. The second kappa shape index (κ2) is 9.78. The van der Waals surface area contributed by atoms with Crippen LogP contribution in [0.1, 0.15) is 65.5 Å². The van der Waals surface area contributed by atoms with Gasteiger partial charge in [-0.15, -0.1) is 0 Å². The van der Waals surface area contributed by atoms with Gasteiger partial charge in [0.2, 0.25) is 0 Å². The molecule has 0 spiro atoms. The number of aromatic hydroxyl groups is 1. The fraction of sp³-hybridized carbons (Fsp3) is 0.241. The minimum absolute atomic E-state index is 0.0406. The van der Waals surface area contributed by atoms with E-state index in [1.807, 2.05) is 39.8 Å². The summed E-state index contributed by atoms with van der Waals surface area (Å²) in [5.74, 6) is -0.912. The second-order valence-corrected chi connectivity index (χ2v) is 9.81. The minimum Gasteiger partial charge on any atom is -0.504 e. The maximum atomic E-state index is 14.4. The highest BCUT2D eigenvalue weighted by atomic mass is 35.5. The molecular weight excluding hydrogens is 481 g/mol. The monoisotopic (exact) mass is 507 g/mol. The first-order valence-electron chi connectivity index (χ1n) is 11.6. The lowest BCUT2D eigenvalue weighted by molar-refractivity contribution is 0.112. The van der Waals surface area contributed by atoms with Gasteiger partial charge < -0.3 is 14.8 Å². The Balaban J connectivity index is 1.86. The first-order chi connectivity index (χ1) is 17.0. The smallest absolute Gasteiger partial charge is 0.195 e. The van der Waals surface area contributed by atoms with Gasteiger partial charge >= 0.3 is 0 Å². The van der Waals surface area contributed by atoms with Crippen molar-refractivity contribution in [2.24, 2.45) is 0 Å². The summed E-state index contributed by atoms with van der Waals surface area (Å²) in [7, 11) is 0. The summed E-state index contributed by atoms with van der Waals surface area (Å²) in [5, 5.41) is 14.2. The van der Waals surface area contributed by atoms with Crippen molar-refractivity contribution in [1.29, 1.82) is 0 Å². The molecular formula is C29H27ClFNO4. The van der Waals surface area contributed by atoms with Crippen LogP contribution in [0.3, 0.4) is 0 Å². The molecule has 1 unspecified atom stereocenters. The Morgan fingerprint density at radius 2 is 1.81 bits per heavy atom. The van der Waals surface area contributed by atoms with Crippen LogP contribution < -0.4 is 10.7 Å². The molecule has 0 saturated heterocycles. The number of hydrogen-bond donors (Lipinski definition) is 2. The van der Waals surface area contributed by atoms with Gasteiger partial charge in [-0.3, -0.25) is 9.59 Å². The molecule has 36 heavy (non-hydrogen) atoms. The number of carbonyl (C=O) groups excluding carboxylic acids is 1. The van der Waals surface area contributed by atoms with Gasteiger partial charge in [-0.25, -0.2) is 4.39 Å². The van der Waals surface area contributed by atoms with Gasteiger partial charge in [-0.1, -0.05) is 31.5 Å². The Bertz CT molecular complexity index is 1560. The quantitative estimate of drug-likeness (QED) is 0.261. The van der Waals surface area contributed by atoms with Crippen LogP contribution >= 0.6 is 11.6 Å². The van der Waals surface area contributed by atoms with Crippen LogP contribution in [0.25, 0.3) is 22.1 Å². The van der Waals surface area contributed by atoms with Crippen LogP contribution in [0.5, 0.6) is 5.75 Å². The van der Waals surface area contributed by atoms with Crippen LogP contribution in [0, 0.1) is 19.7 Å². The summed E-state index contributed by atoms with van der Waals surface area (Å²) < 4.78 is 20.7. The van der Waals surface area contributed by atoms with E-state index in [1.54, 1.807) is 25.1 Å². The molecule has 4 aromatic rings. The Labute approximate surface area is 213 Å². The van der Waals surface area contributed by atoms with E-state index < -0.39 is 11.6 Å². The first kappa shape index (κ1) is 25.5. The number of nitrogens with one attached hydrogen (secondary N) is 1. The minimum atomic E-state index is -0.906. The third kappa shape index (κ3) is 4.61. The van der Waals surface area contributed by atoms with E-state index in [1.165, 1.54) is 6.07 Å². The molecule has 186 valence electrons. The molecule has 0 aliphatic heterocycles. The molecule has 1 atom stereocenters. The zero-order valence-electron chi connectivity index (χ0n) is 20.7. The molecule has 5 nitrogen and oxygen atoms in total. The van der Waals surface area contributed by atoms with E-state index in [2.05, 4.69) is 5.32 Å². The van der Waals surface area contributed by atoms with Gasteiger partial charge in [0.25, 0.3) is 0 Å². The van der Waals surface area contributed by atoms with Gasteiger partial charge in [0.15, 0.2) is 23.3 Å². The van der Waals surface area contributed by atoms with E-state index in [0.717, 1.165) is 17.2 Å². The van der Waals surface area contributed by atoms with Crippen molar-refractivity contribution in [2.45, 2.75) is 46.6 Å². The summed E-state index contributed by atoms with van der Waals surface area (Å²) in [6.07, 6.45) is 0.400. The van der Waals surface area contributed by atoms with Crippen LogP contribution in [-0.2, 0) is 0 Å². The molecule has 4 rings (SSSR count). The summed E-state index contributed by atoms with van der Waals surface area (Å²) in [5.41, 5.74) is 4.19. The van der Waals surface area contributed by atoms with E-state index >= 15 is 0 Å². The van der Waals surface area contributed by atoms with E-state index in [9.17, 15) is 19.1 Å². The van der Waals surface area contributed by atoms with Crippen LogP contribution in [-0.4, -0.2) is 11.4 Å². The summed E-state index contributed by atoms with van der Waals surface area (Å²) in [6, 6.07) is 11.2. The van der Waals surface area contributed by atoms with E-state index in [4.69, 9.17) is 16.0 Å². The van der Waals surface area contributed by atoms with Crippen molar-refractivity contribution in [3.8, 4) is 16.9 Å². The Morgan fingerprint density at radius 3 is 2.47 bits per heavy atom. The summed E-state index contributed by atoms with van der Waals surface area (Å²) >= 11 is 6.25. The highest BCUT2D eigenvalue weighted by Crippen LogP contribution is 2.37. The average Bonchev–Trinajstić information content (AvgIpc) is 2.83. The largest absolute Gasteiger partial charge is 0.504 e. The van der Waals surface area contributed by atoms with Crippen LogP contribution in [0.4, 0.5) is 10.1 Å². The molecule has 0 fully saturated rings. The maximum absolute atomic E-state index is 14.4. The number of anilines is 1. The molecule has 0 aliphatic carbocycles. The van der Waals surface area contributed by atoms with Crippen LogP contribution in [0.15, 0.2) is 51.7 Å². The number of carbonyl (C=O) groups is 1. The topological polar surface area (TPSA) is 79.5 Å². The lowest BCUT2D eigenvalue weighted by Crippen LogP contribution is -2.14.